The van der Waals surface area contributed by atoms with E-state index in [0.717, 1.165) is 42.5 Å². The fraction of sp³-hybridized carbons (Fsp3) is 0.321. The van der Waals surface area contributed by atoms with Crippen molar-refractivity contribution in [3.05, 3.63) is 88.1 Å². The third kappa shape index (κ3) is 6.93. The second-order valence-electron chi connectivity index (χ2n) is 8.85. The van der Waals surface area contributed by atoms with Gasteiger partial charge in [0.1, 0.15) is 6.54 Å². The highest BCUT2D eigenvalue weighted by atomic mass is 32.1. The lowest BCUT2D eigenvalue weighted by molar-refractivity contribution is -0.133. The third-order valence-corrected chi connectivity index (χ3v) is 7.20. The van der Waals surface area contributed by atoms with Gasteiger partial charge in [-0.3, -0.25) is 4.79 Å². The van der Waals surface area contributed by atoms with E-state index < -0.39 is 0 Å². The summed E-state index contributed by atoms with van der Waals surface area (Å²) in [6.45, 7) is 1.04. The molecule has 1 N–H and O–H groups in total. The molecule has 0 atom stereocenters. The van der Waals surface area contributed by atoms with Crippen LogP contribution in [0.4, 0.5) is 10.5 Å². The van der Waals surface area contributed by atoms with Crippen LogP contribution >= 0.6 is 11.3 Å². The first-order valence-corrected chi connectivity index (χ1v) is 12.9. The first kappa shape index (κ1) is 24.5. The van der Waals surface area contributed by atoms with Crippen molar-refractivity contribution in [2.24, 2.45) is 0 Å². The number of hydrogen-bond donors (Lipinski definition) is 1. The van der Waals surface area contributed by atoms with E-state index in [1.807, 2.05) is 52.7 Å². The summed E-state index contributed by atoms with van der Waals surface area (Å²) in [7, 11) is 0. The first-order chi connectivity index (χ1) is 17.1. The Morgan fingerprint density at radius 3 is 2.34 bits per heavy atom. The van der Waals surface area contributed by atoms with Gasteiger partial charge in [0.05, 0.1) is 18.2 Å². The van der Waals surface area contributed by atoms with E-state index in [9.17, 15) is 9.59 Å². The summed E-state index contributed by atoms with van der Waals surface area (Å²) >= 11 is 1.63. The first-order valence-electron chi connectivity index (χ1n) is 12.0. The molecule has 0 spiro atoms. The maximum Gasteiger partial charge on any atom is 0.322 e. The number of nitrogens with one attached hydrogen (secondary N) is 1. The molecular weight excluding hydrogens is 456 g/mol. The van der Waals surface area contributed by atoms with Crippen LogP contribution in [-0.4, -0.2) is 34.3 Å². The lowest BCUT2D eigenvalue weighted by atomic mass is 9.94. The molecular formula is C28H30N4O2S. The number of amides is 3. The van der Waals surface area contributed by atoms with Gasteiger partial charge < -0.3 is 15.1 Å². The summed E-state index contributed by atoms with van der Waals surface area (Å²) < 4.78 is 0. The van der Waals surface area contributed by atoms with Crippen molar-refractivity contribution >= 4 is 29.0 Å². The van der Waals surface area contributed by atoms with E-state index in [1.54, 1.807) is 40.5 Å². The van der Waals surface area contributed by atoms with E-state index in [1.165, 1.54) is 0 Å². The predicted molar refractivity (Wildman–Crippen MR) is 139 cm³/mol. The highest BCUT2D eigenvalue weighted by Crippen LogP contribution is 2.24. The van der Waals surface area contributed by atoms with Gasteiger partial charge in [-0.2, -0.15) is 5.26 Å². The van der Waals surface area contributed by atoms with Gasteiger partial charge in [0.2, 0.25) is 5.91 Å². The van der Waals surface area contributed by atoms with Crippen LogP contribution in [0.1, 0.15) is 48.1 Å². The van der Waals surface area contributed by atoms with Crippen LogP contribution in [0, 0.1) is 11.3 Å². The highest BCUT2D eigenvalue weighted by Gasteiger charge is 2.29. The highest BCUT2D eigenvalue weighted by molar-refractivity contribution is 7.09. The van der Waals surface area contributed by atoms with Gasteiger partial charge in [0, 0.05) is 23.2 Å². The Bertz CT molecular complexity index is 1130. The summed E-state index contributed by atoms with van der Waals surface area (Å²) in [5, 5.41) is 14.0. The molecule has 1 aliphatic carbocycles. The standard InChI is InChI=1S/C28H30N4O2S/c29-18-22-13-15-24(16-14-22)30-28(34)32(25-10-5-2-6-11-25)21-27(33)31(20-26-12-7-17-35-26)19-23-8-3-1-4-9-23/h1,3-4,7-9,12-17,25H,2,5-6,10-11,19-21H2,(H,30,34). The molecule has 35 heavy (non-hydrogen) atoms. The molecule has 0 unspecified atom stereocenters. The summed E-state index contributed by atoms with van der Waals surface area (Å²) in [6.07, 6.45) is 5.08. The van der Waals surface area contributed by atoms with Gasteiger partial charge in [0.25, 0.3) is 0 Å². The number of nitriles is 1. The van der Waals surface area contributed by atoms with E-state index in [4.69, 9.17) is 5.26 Å². The van der Waals surface area contributed by atoms with E-state index in [0.29, 0.717) is 24.3 Å². The average molecular weight is 487 g/mol. The topological polar surface area (TPSA) is 76.4 Å². The predicted octanol–water partition coefficient (Wildman–Crippen LogP) is 6.02. The Hall–Kier alpha value is -3.63. The van der Waals surface area contributed by atoms with Gasteiger partial charge in [-0.15, -0.1) is 11.3 Å². The van der Waals surface area contributed by atoms with Crippen molar-refractivity contribution in [2.75, 3.05) is 11.9 Å². The molecule has 4 rings (SSSR count). The molecule has 0 bridgehead atoms. The Kier molecular flexibility index (Phi) is 8.53. The molecule has 0 aliphatic heterocycles. The molecule has 1 saturated carbocycles. The zero-order valence-corrected chi connectivity index (χ0v) is 20.5. The van der Waals surface area contributed by atoms with Crippen LogP contribution in [0.5, 0.6) is 0 Å². The van der Waals surface area contributed by atoms with Gasteiger partial charge in [-0.25, -0.2) is 4.79 Å². The monoisotopic (exact) mass is 486 g/mol. The van der Waals surface area contributed by atoms with Gasteiger partial charge >= 0.3 is 6.03 Å². The molecule has 1 aromatic heterocycles. The Labute approximate surface area is 210 Å². The SMILES string of the molecule is N#Cc1ccc(NC(=O)N(CC(=O)N(Cc2ccccc2)Cc2cccs2)C2CCCCC2)cc1. The fourth-order valence-electron chi connectivity index (χ4n) is 4.46. The fourth-order valence-corrected chi connectivity index (χ4v) is 5.17. The van der Waals surface area contributed by atoms with Crippen molar-refractivity contribution < 1.29 is 9.59 Å². The zero-order chi connectivity index (χ0) is 24.5. The molecule has 0 saturated heterocycles. The average Bonchev–Trinajstić information content (AvgIpc) is 3.41. The Balaban J connectivity index is 1.52. The van der Waals surface area contributed by atoms with Crippen molar-refractivity contribution in [1.82, 2.24) is 9.80 Å². The number of carbonyl (C=O) groups excluding carboxylic acids is 2. The summed E-state index contributed by atoms with van der Waals surface area (Å²) in [5.74, 6) is -0.0668. The number of anilines is 1. The molecule has 6 nitrogen and oxygen atoms in total. The maximum atomic E-state index is 13.6. The van der Waals surface area contributed by atoms with Gasteiger partial charge in [-0.1, -0.05) is 55.7 Å². The quantitative estimate of drug-likeness (QED) is 0.423. The van der Waals surface area contributed by atoms with Crippen LogP contribution < -0.4 is 5.32 Å². The number of hydrogen-bond acceptors (Lipinski definition) is 4. The molecule has 1 heterocycles. The normalized spacial score (nSPS) is 13.6. The summed E-state index contributed by atoms with van der Waals surface area (Å²) in [5.41, 5.74) is 2.21. The number of carbonyl (C=O) groups is 2. The second-order valence-corrected chi connectivity index (χ2v) is 9.89. The maximum absolute atomic E-state index is 13.6. The van der Waals surface area contributed by atoms with E-state index in [2.05, 4.69) is 11.4 Å². The van der Waals surface area contributed by atoms with Crippen LogP contribution in [0.15, 0.2) is 72.1 Å². The largest absolute Gasteiger partial charge is 0.332 e. The molecule has 3 amide bonds. The summed E-state index contributed by atoms with van der Waals surface area (Å²) in [4.78, 5) is 31.7. The van der Waals surface area contributed by atoms with Crippen molar-refractivity contribution in [3.8, 4) is 6.07 Å². The van der Waals surface area contributed by atoms with Crippen molar-refractivity contribution in [1.29, 1.82) is 5.26 Å². The molecule has 3 aromatic rings. The van der Waals surface area contributed by atoms with Crippen LogP contribution in [-0.2, 0) is 17.9 Å². The number of rotatable bonds is 8. The molecule has 7 heteroatoms. The van der Waals surface area contributed by atoms with E-state index >= 15 is 0 Å². The van der Waals surface area contributed by atoms with Gasteiger partial charge in [0.15, 0.2) is 0 Å². The molecule has 1 fully saturated rings. The van der Waals surface area contributed by atoms with E-state index in [-0.39, 0.29) is 24.5 Å². The summed E-state index contributed by atoms with van der Waals surface area (Å²) in [6, 6.07) is 22.6. The number of nitrogens with zero attached hydrogens (tertiary/aromatic N) is 3. The molecule has 1 aliphatic rings. The van der Waals surface area contributed by atoms with Crippen LogP contribution in [0.25, 0.3) is 0 Å². The number of benzene rings is 2. The Morgan fingerprint density at radius 2 is 1.69 bits per heavy atom. The lowest BCUT2D eigenvalue weighted by Crippen LogP contribution is -2.49. The lowest BCUT2D eigenvalue weighted by Gasteiger charge is -2.35. The van der Waals surface area contributed by atoms with Crippen LogP contribution in [0.2, 0.25) is 0 Å². The minimum absolute atomic E-state index is 0.0327. The molecule has 180 valence electrons. The minimum atomic E-state index is -0.272. The second kappa shape index (κ2) is 12.2. The smallest absolute Gasteiger partial charge is 0.322 e. The Morgan fingerprint density at radius 1 is 0.943 bits per heavy atom. The molecule has 0 radical (unpaired) electrons. The number of urea groups is 1. The van der Waals surface area contributed by atoms with Gasteiger partial charge in [-0.05, 0) is 54.1 Å². The van der Waals surface area contributed by atoms with Crippen LogP contribution in [0.3, 0.4) is 0 Å². The minimum Gasteiger partial charge on any atom is -0.332 e. The zero-order valence-electron chi connectivity index (χ0n) is 19.7. The van der Waals surface area contributed by atoms with Crippen molar-refractivity contribution in [2.45, 2.75) is 51.2 Å². The molecule has 2 aromatic carbocycles. The third-order valence-electron chi connectivity index (χ3n) is 6.34. The van der Waals surface area contributed by atoms with Crippen molar-refractivity contribution in [3.63, 3.8) is 0 Å². The number of thiophene rings is 1.